The molecular weight excluding hydrogens is 230 g/mol. The fourth-order valence-corrected chi connectivity index (χ4v) is 2.07. The van der Waals surface area contributed by atoms with Gasteiger partial charge in [-0.15, -0.1) is 0 Å². The second kappa shape index (κ2) is 3.50. The van der Waals surface area contributed by atoms with E-state index in [-0.39, 0.29) is 5.91 Å². The molecule has 13 heavy (non-hydrogen) atoms. The molecular formula is C10H10BrNO. The molecule has 0 radical (unpaired) electrons. The number of halogens is 1. The molecule has 0 N–H and O–H groups in total. The lowest BCUT2D eigenvalue weighted by Gasteiger charge is -2.16. The maximum absolute atomic E-state index is 11.4. The molecule has 2 rings (SSSR count). The van der Waals surface area contributed by atoms with E-state index in [1.807, 2.05) is 29.2 Å². The summed E-state index contributed by atoms with van der Waals surface area (Å²) in [4.78, 5) is 13.3. The van der Waals surface area contributed by atoms with Gasteiger partial charge in [-0.25, -0.2) is 0 Å². The van der Waals surface area contributed by atoms with Crippen LogP contribution >= 0.6 is 15.9 Å². The van der Waals surface area contributed by atoms with Crippen molar-refractivity contribution in [3.8, 4) is 0 Å². The molecule has 0 bridgehead atoms. The van der Waals surface area contributed by atoms with E-state index in [1.54, 1.807) is 0 Å². The summed E-state index contributed by atoms with van der Waals surface area (Å²) in [5.74, 6) is 0.229. The van der Waals surface area contributed by atoms with Gasteiger partial charge in [0, 0.05) is 17.4 Å². The molecule has 1 aliphatic heterocycles. The molecule has 0 atom stereocenters. The molecule has 0 aliphatic carbocycles. The predicted molar refractivity (Wildman–Crippen MR) is 55.7 cm³/mol. The Labute approximate surface area is 85.7 Å². The van der Waals surface area contributed by atoms with Crippen LogP contribution in [-0.4, -0.2) is 12.5 Å². The van der Waals surface area contributed by atoms with Gasteiger partial charge in [-0.3, -0.25) is 4.79 Å². The molecule has 1 fully saturated rings. The number of amides is 1. The predicted octanol–water partition coefficient (Wildman–Crippen LogP) is 2.58. The van der Waals surface area contributed by atoms with Crippen molar-refractivity contribution in [2.75, 3.05) is 11.4 Å². The van der Waals surface area contributed by atoms with Crippen molar-refractivity contribution in [2.45, 2.75) is 12.8 Å². The normalized spacial score (nSPS) is 16.7. The first-order valence-electron chi connectivity index (χ1n) is 4.34. The molecule has 1 aromatic carbocycles. The SMILES string of the molecule is O=C1CCCN1c1ccccc1Br. The highest BCUT2D eigenvalue weighted by Gasteiger charge is 2.22. The number of para-hydroxylation sites is 1. The van der Waals surface area contributed by atoms with Crippen LogP contribution in [-0.2, 0) is 4.79 Å². The Kier molecular flexibility index (Phi) is 2.36. The highest BCUT2D eigenvalue weighted by molar-refractivity contribution is 9.10. The summed E-state index contributed by atoms with van der Waals surface area (Å²) < 4.78 is 0.991. The maximum atomic E-state index is 11.4. The second-order valence-electron chi connectivity index (χ2n) is 3.10. The maximum Gasteiger partial charge on any atom is 0.227 e. The standard InChI is InChI=1S/C10H10BrNO/c11-8-4-1-2-5-9(8)12-7-3-6-10(12)13/h1-2,4-5H,3,6-7H2. The van der Waals surface area contributed by atoms with Crippen LogP contribution in [0.5, 0.6) is 0 Å². The van der Waals surface area contributed by atoms with Crippen LogP contribution in [0.2, 0.25) is 0 Å². The first-order valence-corrected chi connectivity index (χ1v) is 5.13. The highest BCUT2D eigenvalue weighted by atomic mass is 79.9. The van der Waals surface area contributed by atoms with Crippen molar-refractivity contribution in [1.29, 1.82) is 0 Å². The summed E-state index contributed by atoms with van der Waals surface area (Å²) in [6.45, 7) is 0.849. The molecule has 1 heterocycles. The number of benzene rings is 1. The molecule has 0 aromatic heterocycles. The van der Waals surface area contributed by atoms with Crippen molar-refractivity contribution >= 4 is 27.5 Å². The molecule has 0 spiro atoms. The summed E-state index contributed by atoms with van der Waals surface area (Å²) in [5.41, 5.74) is 0.991. The summed E-state index contributed by atoms with van der Waals surface area (Å²) >= 11 is 3.44. The lowest BCUT2D eigenvalue weighted by Crippen LogP contribution is -2.23. The Bertz CT molecular complexity index is 337. The lowest BCUT2D eigenvalue weighted by atomic mass is 10.3. The first-order chi connectivity index (χ1) is 6.29. The molecule has 0 saturated carbocycles. The van der Waals surface area contributed by atoms with Gasteiger partial charge in [0.1, 0.15) is 0 Å². The zero-order valence-electron chi connectivity index (χ0n) is 7.16. The molecule has 3 heteroatoms. The minimum atomic E-state index is 0.229. The van der Waals surface area contributed by atoms with E-state index in [9.17, 15) is 4.79 Å². The molecule has 68 valence electrons. The Morgan fingerprint density at radius 2 is 2.08 bits per heavy atom. The molecule has 1 amide bonds. The largest absolute Gasteiger partial charge is 0.311 e. The van der Waals surface area contributed by atoms with Crippen LogP contribution in [0.3, 0.4) is 0 Å². The van der Waals surface area contributed by atoms with E-state index in [1.165, 1.54) is 0 Å². The number of carbonyl (C=O) groups is 1. The fraction of sp³-hybridized carbons (Fsp3) is 0.300. The third-order valence-corrected chi connectivity index (χ3v) is 2.89. The Morgan fingerprint density at radius 3 is 2.69 bits per heavy atom. The molecule has 1 aromatic rings. The molecule has 2 nitrogen and oxygen atoms in total. The van der Waals surface area contributed by atoms with Crippen LogP contribution < -0.4 is 4.90 Å². The van der Waals surface area contributed by atoms with Gasteiger partial charge < -0.3 is 4.90 Å². The van der Waals surface area contributed by atoms with E-state index in [2.05, 4.69) is 15.9 Å². The number of rotatable bonds is 1. The number of hydrogen-bond donors (Lipinski definition) is 0. The third-order valence-electron chi connectivity index (χ3n) is 2.22. The molecule has 1 saturated heterocycles. The summed E-state index contributed by atoms with van der Waals surface area (Å²) in [7, 11) is 0. The van der Waals surface area contributed by atoms with Gasteiger partial charge in [0.2, 0.25) is 5.91 Å². The average Bonchev–Trinajstić information content (AvgIpc) is 2.52. The van der Waals surface area contributed by atoms with E-state index < -0.39 is 0 Å². The first kappa shape index (κ1) is 8.75. The Morgan fingerprint density at radius 1 is 1.31 bits per heavy atom. The monoisotopic (exact) mass is 239 g/mol. The lowest BCUT2D eigenvalue weighted by molar-refractivity contribution is -0.117. The Hall–Kier alpha value is -0.830. The fourth-order valence-electron chi connectivity index (χ4n) is 1.57. The van der Waals surface area contributed by atoms with Crippen LogP contribution in [0.4, 0.5) is 5.69 Å². The second-order valence-corrected chi connectivity index (χ2v) is 3.95. The Balaban J connectivity index is 2.34. The van der Waals surface area contributed by atoms with Gasteiger partial charge in [0.25, 0.3) is 0 Å². The van der Waals surface area contributed by atoms with Crippen molar-refractivity contribution in [3.63, 3.8) is 0 Å². The number of anilines is 1. The van der Waals surface area contributed by atoms with Crippen molar-refractivity contribution in [2.24, 2.45) is 0 Å². The van der Waals surface area contributed by atoms with Crippen LogP contribution in [0.15, 0.2) is 28.7 Å². The summed E-state index contributed by atoms with van der Waals surface area (Å²) in [6.07, 6.45) is 1.65. The minimum Gasteiger partial charge on any atom is -0.311 e. The van der Waals surface area contributed by atoms with Crippen LogP contribution in [0.1, 0.15) is 12.8 Å². The van der Waals surface area contributed by atoms with Gasteiger partial charge in [-0.05, 0) is 34.5 Å². The number of hydrogen-bond acceptors (Lipinski definition) is 1. The van der Waals surface area contributed by atoms with Gasteiger partial charge in [0.05, 0.1) is 5.69 Å². The van der Waals surface area contributed by atoms with Gasteiger partial charge >= 0.3 is 0 Å². The van der Waals surface area contributed by atoms with Crippen LogP contribution in [0, 0.1) is 0 Å². The third kappa shape index (κ3) is 1.61. The zero-order valence-corrected chi connectivity index (χ0v) is 8.75. The smallest absolute Gasteiger partial charge is 0.227 e. The van der Waals surface area contributed by atoms with E-state index in [4.69, 9.17) is 0 Å². The van der Waals surface area contributed by atoms with Gasteiger partial charge in [-0.2, -0.15) is 0 Å². The highest BCUT2D eigenvalue weighted by Crippen LogP contribution is 2.28. The average molecular weight is 240 g/mol. The zero-order chi connectivity index (χ0) is 9.26. The summed E-state index contributed by atoms with van der Waals surface area (Å²) in [6, 6.07) is 7.83. The summed E-state index contributed by atoms with van der Waals surface area (Å²) in [5, 5.41) is 0. The van der Waals surface area contributed by atoms with E-state index >= 15 is 0 Å². The van der Waals surface area contributed by atoms with Gasteiger partial charge in [0.15, 0.2) is 0 Å². The molecule has 1 aliphatic rings. The number of carbonyl (C=O) groups excluding carboxylic acids is 1. The topological polar surface area (TPSA) is 20.3 Å². The minimum absolute atomic E-state index is 0.229. The van der Waals surface area contributed by atoms with Gasteiger partial charge in [-0.1, -0.05) is 12.1 Å². The van der Waals surface area contributed by atoms with Crippen molar-refractivity contribution < 1.29 is 4.79 Å². The van der Waals surface area contributed by atoms with E-state index in [0.29, 0.717) is 6.42 Å². The van der Waals surface area contributed by atoms with Crippen molar-refractivity contribution in [1.82, 2.24) is 0 Å². The van der Waals surface area contributed by atoms with E-state index in [0.717, 1.165) is 23.1 Å². The quantitative estimate of drug-likeness (QED) is 0.738. The van der Waals surface area contributed by atoms with Crippen LogP contribution in [0.25, 0.3) is 0 Å². The number of nitrogens with zero attached hydrogens (tertiary/aromatic N) is 1. The molecule has 0 unspecified atom stereocenters. The van der Waals surface area contributed by atoms with Crippen molar-refractivity contribution in [3.05, 3.63) is 28.7 Å².